The first-order valence-electron chi connectivity index (χ1n) is 3.80. The molecule has 0 atom stereocenters. The van der Waals surface area contributed by atoms with Gasteiger partial charge in [0, 0.05) is 6.08 Å². The van der Waals surface area contributed by atoms with E-state index in [1.807, 2.05) is 20.8 Å². The zero-order valence-corrected chi connectivity index (χ0v) is 7.36. The van der Waals surface area contributed by atoms with Crippen molar-refractivity contribution < 1.29 is 9.13 Å². The van der Waals surface area contributed by atoms with E-state index in [4.69, 9.17) is 4.74 Å². The van der Waals surface area contributed by atoms with E-state index in [1.54, 1.807) is 6.08 Å². The molecule has 0 aromatic carbocycles. The van der Waals surface area contributed by atoms with Gasteiger partial charge in [0.1, 0.15) is 0 Å². The molecule has 0 saturated heterocycles. The van der Waals surface area contributed by atoms with Crippen molar-refractivity contribution in [2.75, 3.05) is 6.61 Å². The van der Waals surface area contributed by atoms with Gasteiger partial charge in [-0.25, -0.2) is 0 Å². The summed E-state index contributed by atoms with van der Waals surface area (Å²) in [4.78, 5) is 0. The van der Waals surface area contributed by atoms with Crippen molar-refractivity contribution in [2.24, 2.45) is 0 Å². The van der Waals surface area contributed by atoms with Crippen molar-refractivity contribution in [1.82, 2.24) is 0 Å². The lowest BCUT2D eigenvalue weighted by Crippen LogP contribution is -1.87. The maximum absolute atomic E-state index is 12.5. The van der Waals surface area contributed by atoms with E-state index in [0.29, 0.717) is 6.61 Å². The normalized spacial score (nSPS) is 11.1. The Morgan fingerprint density at radius 1 is 1.36 bits per heavy atom. The number of hydrogen-bond donors (Lipinski definition) is 0. The van der Waals surface area contributed by atoms with Crippen molar-refractivity contribution in [3.05, 3.63) is 23.7 Å². The maximum Gasteiger partial charge on any atom is 0.272 e. The highest BCUT2D eigenvalue weighted by atomic mass is 19.1. The number of allylic oxidation sites excluding steroid dienone is 3. The SMILES string of the molecule is CCCOC(F)=CC=C(C)C. The Bertz CT molecular complexity index is 155. The minimum Gasteiger partial charge on any atom is -0.471 e. The molecule has 0 aromatic rings. The van der Waals surface area contributed by atoms with E-state index >= 15 is 0 Å². The van der Waals surface area contributed by atoms with Gasteiger partial charge in [-0.15, -0.1) is 0 Å². The van der Waals surface area contributed by atoms with Crippen molar-refractivity contribution in [3.63, 3.8) is 0 Å². The molecule has 0 aliphatic heterocycles. The molecule has 0 fully saturated rings. The summed E-state index contributed by atoms with van der Waals surface area (Å²) >= 11 is 0. The Morgan fingerprint density at radius 2 is 2.00 bits per heavy atom. The van der Waals surface area contributed by atoms with E-state index < -0.39 is 6.01 Å². The summed E-state index contributed by atoms with van der Waals surface area (Å²) in [6.07, 6.45) is 3.85. The fourth-order valence-electron chi connectivity index (χ4n) is 0.480. The summed E-state index contributed by atoms with van der Waals surface area (Å²) in [6.45, 7) is 6.19. The number of rotatable bonds is 4. The molecule has 0 aliphatic rings. The van der Waals surface area contributed by atoms with Crippen molar-refractivity contribution in [3.8, 4) is 0 Å². The molecule has 0 heterocycles. The third-order valence-corrected chi connectivity index (χ3v) is 0.992. The van der Waals surface area contributed by atoms with E-state index in [-0.39, 0.29) is 0 Å². The fourth-order valence-corrected chi connectivity index (χ4v) is 0.480. The summed E-state index contributed by atoms with van der Waals surface area (Å²) in [6, 6.07) is -0.506. The average molecular weight is 158 g/mol. The lowest BCUT2D eigenvalue weighted by molar-refractivity contribution is 0.146. The van der Waals surface area contributed by atoms with E-state index in [0.717, 1.165) is 12.0 Å². The first-order valence-corrected chi connectivity index (χ1v) is 3.80. The molecule has 0 radical (unpaired) electrons. The minimum absolute atomic E-state index is 0.443. The quantitative estimate of drug-likeness (QED) is 0.451. The predicted octanol–water partition coefficient (Wildman–Crippen LogP) is 3.19. The van der Waals surface area contributed by atoms with Crippen molar-refractivity contribution in [1.29, 1.82) is 0 Å². The molecule has 2 heteroatoms. The van der Waals surface area contributed by atoms with Crippen molar-refractivity contribution in [2.45, 2.75) is 27.2 Å². The predicted molar refractivity (Wildman–Crippen MR) is 44.9 cm³/mol. The Hall–Kier alpha value is -0.790. The molecule has 1 nitrogen and oxygen atoms in total. The highest BCUT2D eigenvalue weighted by Crippen LogP contribution is 2.01. The van der Waals surface area contributed by atoms with Gasteiger partial charge < -0.3 is 4.74 Å². The van der Waals surface area contributed by atoms with Gasteiger partial charge in [0.25, 0.3) is 6.01 Å². The largest absolute Gasteiger partial charge is 0.471 e. The molecule has 11 heavy (non-hydrogen) atoms. The minimum atomic E-state index is -0.506. The summed E-state index contributed by atoms with van der Waals surface area (Å²) in [5.74, 6) is 0. The topological polar surface area (TPSA) is 9.23 Å². The molecule has 0 spiro atoms. The molecule has 64 valence electrons. The van der Waals surface area contributed by atoms with E-state index in [9.17, 15) is 4.39 Å². The highest BCUT2D eigenvalue weighted by Gasteiger charge is 1.89. The Balaban J connectivity index is 3.72. The van der Waals surface area contributed by atoms with Crippen LogP contribution in [0.4, 0.5) is 4.39 Å². The standard InChI is InChI=1S/C9H15FO/c1-4-7-11-9(10)6-5-8(2)3/h5-6H,4,7H2,1-3H3. The van der Waals surface area contributed by atoms with Gasteiger partial charge in [0.15, 0.2) is 0 Å². The molecule has 0 rings (SSSR count). The molecule has 0 unspecified atom stereocenters. The lowest BCUT2D eigenvalue weighted by atomic mass is 10.3. The van der Waals surface area contributed by atoms with Crippen LogP contribution in [-0.4, -0.2) is 6.61 Å². The van der Waals surface area contributed by atoms with Crippen LogP contribution in [-0.2, 0) is 4.74 Å². The van der Waals surface area contributed by atoms with Crippen LogP contribution >= 0.6 is 0 Å². The number of ether oxygens (including phenoxy) is 1. The summed E-state index contributed by atoms with van der Waals surface area (Å²) in [7, 11) is 0. The Labute approximate surface area is 67.6 Å². The molecular weight excluding hydrogens is 143 g/mol. The van der Waals surface area contributed by atoms with Gasteiger partial charge in [0.05, 0.1) is 6.61 Å². The highest BCUT2D eigenvalue weighted by molar-refractivity contribution is 5.08. The molecular formula is C9H15FO. The monoisotopic (exact) mass is 158 g/mol. The third-order valence-electron chi connectivity index (χ3n) is 0.992. The zero-order chi connectivity index (χ0) is 8.69. The van der Waals surface area contributed by atoms with Crippen LogP contribution in [0.5, 0.6) is 0 Å². The first-order chi connectivity index (χ1) is 5.16. The second-order valence-electron chi connectivity index (χ2n) is 2.56. The van der Waals surface area contributed by atoms with Crippen LogP contribution < -0.4 is 0 Å². The van der Waals surface area contributed by atoms with Gasteiger partial charge in [-0.1, -0.05) is 18.6 Å². The summed E-state index contributed by atoms with van der Waals surface area (Å²) in [5, 5.41) is 0. The van der Waals surface area contributed by atoms with Gasteiger partial charge in [-0.05, 0) is 20.3 Å². The van der Waals surface area contributed by atoms with Crippen molar-refractivity contribution >= 4 is 0 Å². The average Bonchev–Trinajstić information content (AvgIpc) is 1.97. The first kappa shape index (κ1) is 10.2. The van der Waals surface area contributed by atoms with Crippen LogP contribution in [0, 0.1) is 0 Å². The second kappa shape index (κ2) is 5.96. The van der Waals surface area contributed by atoms with Gasteiger partial charge in [0.2, 0.25) is 0 Å². The summed E-state index contributed by atoms with van der Waals surface area (Å²) < 4.78 is 17.2. The van der Waals surface area contributed by atoms with Gasteiger partial charge in [-0.3, -0.25) is 0 Å². The van der Waals surface area contributed by atoms with Gasteiger partial charge >= 0.3 is 0 Å². The zero-order valence-electron chi connectivity index (χ0n) is 7.36. The van der Waals surface area contributed by atoms with E-state index in [1.165, 1.54) is 6.08 Å². The summed E-state index contributed by atoms with van der Waals surface area (Å²) in [5.41, 5.74) is 1.06. The molecule has 0 aliphatic carbocycles. The molecule has 0 aromatic heterocycles. The van der Waals surface area contributed by atoms with Crippen LogP contribution in [0.15, 0.2) is 23.7 Å². The van der Waals surface area contributed by atoms with Crippen LogP contribution in [0.1, 0.15) is 27.2 Å². The van der Waals surface area contributed by atoms with Crippen LogP contribution in [0.25, 0.3) is 0 Å². The molecule has 0 bridgehead atoms. The Morgan fingerprint density at radius 3 is 2.45 bits per heavy atom. The van der Waals surface area contributed by atoms with Crippen LogP contribution in [0.3, 0.4) is 0 Å². The van der Waals surface area contributed by atoms with Crippen LogP contribution in [0.2, 0.25) is 0 Å². The van der Waals surface area contributed by atoms with Gasteiger partial charge in [-0.2, -0.15) is 4.39 Å². The Kier molecular flexibility index (Phi) is 5.53. The lowest BCUT2D eigenvalue weighted by Gasteiger charge is -1.97. The maximum atomic E-state index is 12.5. The smallest absolute Gasteiger partial charge is 0.272 e. The molecule has 0 amide bonds. The fraction of sp³-hybridized carbons (Fsp3) is 0.556. The molecule has 0 N–H and O–H groups in total. The second-order valence-corrected chi connectivity index (χ2v) is 2.56. The number of hydrogen-bond acceptors (Lipinski definition) is 1. The van der Waals surface area contributed by atoms with E-state index in [2.05, 4.69) is 0 Å². The number of halogens is 1. The molecule has 0 saturated carbocycles. The third kappa shape index (κ3) is 7.10.